The van der Waals surface area contributed by atoms with Gasteiger partial charge in [-0.05, 0) is 42.2 Å². The molecule has 6 nitrogen and oxygen atoms in total. The quantitative estimate of drug-likeness (QED) is 0.782. The maximum Gasteiger partial charge on any atom is 0.237 e. The summed E-state index contributed by atoms with van der Waals surface area (Å²) < 4.78 is 10.6. The lowest BCUT2D eigenvalue weighted by Crippen LogP contribution is -2.26. The van der Waals surface area contributed by atoms with Crippen LogP contribution in [0.25, 0.3) is 0 Å². The van der Waals surface area contributed by atoms with Crippen molar-refractivity contribution in [1.82, 2.24) is 5.32 Å². The molecule has 0 saturated carbocycles. The molecule has 0 aromatic heterocycles. The fourth-order valence-corrected chi connectivity index (χ4v) is 4.37. The molecule has 2 amide bonds. The molecule has 0 aliphatic carbocycles. The first kappa shape index (κ1) is 18.7. The van der Waals surface area contributed by atoms with Crippen LogP contribution in [0.5, 0.6) is 11.5 Å². The lowest BCUT2D eigenvalue weighted by atomic mass is 10.1. The number of hydrogen-bond donors (Lipinski definition) is 2. The molecule has 0 unspecified atom stereocenters. The fourth-order valence-electron chi connectivity index (χ4n) is 3.28. The van der Waals surface area contributed by atoms with Crippen molar-refractivity contribution >= 4 is 29.3 Å². The Morgan fingerprint density at radius 1 is 1.18 bits per heavy atom. The van der Waals surface area contributed by atoms with Crippen LogP contribution in [0.4, 0.5) is 5.69 Å². The van der Waals surface area contributed by atoms with E-state index >= 15 is 0 Å². The van der Waals surface area contributed by atoms with Gasteiger partial charge >= 0.3 is 0 Å². The molecule has 2 aliphatic rings. The number of carbonyl (C=O) groups excluding carboxylic acids is 2. The van der Waals surface area contributed by atoms with E-state index in [-0.39, 0.29) is 23.9 Å². The SMILES string of the molecule is O=C(CCS[C@H]1CCc2ccccc2NC1=O)NCc1ccc2c(c1)OCO2. The van der Waals surface area contributed by atoms with Crippen LogP contribution in [-0.2, 0) is 22.6 Å². The molecule has 0 spiro atoms. The minimum absolute atomic E-state index is 0.0238. The number of anilines is 1. The van der Waals surface area contributed by atoms with Gasteiger partial charge in [0.1, 0.15) is 0 Å². The third kappa shape index (κ3) is 4.42. The van der Waals surface area contributed by atoms with Gasteiger partial charge in [-0.15, -0.1) is 11.8 Å². The van der Waals surface area contributed by atoms with E-state index in [1.54, 1.807) is 11.8 Å². The van der Waals surface area contributed by atoms with Crippen molar-refractivity contribution in [1.29, 1.82) is 0 Å². The second kappa shape index (κ2) is 8.56. The number of hydrogen-bond acceptors (Lipinski definition) is 5. The highest BCUT2D eigenvalue weighted by molar-refractivity contribution is 8.00. The van der Waals surface area contributed by atoms with Crippen LogP contribution in [-0.4, -0.2) is 29.6 Å². The predicted octanol–water partition coefficient (Wildman–Crippen LogP) is 3.11. The lowest BCUT2D eigenvalue weighted by molar-refractivity contribution is -0.121. The van der Waals surface area contributed by atoms with Crippen molar-refractivity contribution in [2.75, 3.05) is 17.9 Å². The van der Waals surface area contributed by atoms with Gasteiger partial charge in [-0.25, -0.2) is 0 Å². The number of ether oxygens (including phenoxy) is 2. The minimum atomic E-state index is -0.131. The topological polar surface area (TPSA) is 76.7 Å². The molecule has 0 radical (unpaired) electrons. The molecule has 2 aliphatic heterocycles. The van der Waals surface area contributed by atoms with Crippen LogP contribution >= 0.6 is 11.8 Å². The van der Waals surface area contributed by atoms with Gasteiger partial charge in [0.2, 0.25) is 18.6 Å². The van der Waals surface area contributed by atoms with E-state index in [0.717, 1.165) is 29.8 Å². The van der Waals surface area contributed by atoms with Crippen molar-refractivity contribution in [3.05, 3.63) is 53.6 Å². The van der Waals surface area contributed by atoms with Gasteiger partial charge in [0, 0.05) is 24.4 Å². The summed E-state index contributed by atoms with van der Waals surface area (Å²) in [6.45, 7) is 0.682. The predicted molar refractivity (Wildman–Crippen MR) is 109 cm³/mol. The summed E-state index contributed by atoms with van der Waals surface area (Å²) in [4.78, 5) is 24.5. The summed E-state index contributed by atoms with van der Waals surface area (Å²) in [6, 6.07) is 13.5. The number of fused-ring (bicyclic) bond motifs is 2. The molecule has 2 N–H and O–H groups in total. The zero-order valence-corrected chi connectivity index (χ0v) is 16.2. The first-order valence-electron chi connectivity index (χ1n) is 9.34. The number of thioether (sulfide) groups is 1. The number of para-hydroxylation sites is 1. The smallest absolute Gasteiger partial charge is 0.237 e. The Kier molecular flexibility index (Phi) is 5.71. The zero-order chi connectivity index (χ0) is 19.3. The molecule has 7 heteroatoms. The second-order valence-corrected chi connectivity index (χ2v) is 8.07. The molecule has 2 heterocycles. The van der Waals surface area contributed by atoms with E-state index in [9.17, 15) is 9.59 Å². The number of aryl methyl sites for hydroxylation is 1. The second-order valence-electron chi connectivity index (χ2n) is 6.76. The van der Waals surface area contributed by atoms with Crippen LogP contribution < -0.4 is 20.1 Å². The lowest BCUT2D eigenvalue weighted by Gasteiger charge is -2.12. The average Bonchev–Trinajstić information content (AvgIpc) is 3.11. The summed E-state index contributed by atoms with van der Waals surface area (Å²) in [7, 11) is 0. The maximum absolute atomic E-state index is 12.4. The monoisotopic (exact) mass is 398 g/mol. The van der Waals surface area contributed by atoms with Crippen molar-refractivity contribution in [3.8, 4) is 11.5 Å². The Morgan fingerprint density at radius 3 is 2.96 bits per heavy atom. The fraction of sp³-hybridized carbons (Fsp3) is 0.333. The van der Waals surface area contributed by atoms with E-state index in [4.69, 9.17) is 9.47 Å². The van der Waals surface area contributed by atoms with Gasteiger partial charge in [-0.1, -0.05) is 24.3 Å². The van der Waals surface area contributed by atoms with Gasteiger partial charge in [0.25, 0.3) is 0 Å². The van der Waals surface area contributed by atoms with Gasteiger partial charge in [-0.3, -0.25) is 9.59 Å². The minimum Gasteiger partial charge on any atom is -0.454 e. The Bertz CT molecular complexity index is 886. The number of nitrogens with one attached hydrogen (secondary N) is 2. The summed E-state index contributed by atoms with van der Waals surface area (Å²) in [5, 5.41) is 5.78. The Labute approximate surface area is 168 Å². The van der Waals surface area contributed by atoms with Crippen LogP contribution in [0.15, 0.2) is 42.5 Å². The van der Waals surface area contributed by atoms with Crippen molar-refractivity contribution in [2.24, 2.45) is 0 Å². The van der Waals surface area contributed by atoms with E-state index in [1.165, 1.54) is 5.56 Å². The van der Waals surface area contributed by atoms with Crippen molar-refractivity contribution in [3.63, 3.8) is 0 Å². The summed E-state index contributed by atoms with van der Waals surface area (Å²) >= 11 is 1.55. The molecular weight excluding hydrogens is 376 g/mol. The highest BCUT2D eigenvalue weighted by Crippen LogP contribution is 2.32. The van der Waals surface area contributed by atoms with Crippen molar-refractivity contribution in [2.45, 2.75) is 31.1 Å². The summed E-state index contributed by atoms with van der Waals surface area (Å²) in [5.74, 6) is 2.05. The third-order valence-corrected chi connectivity index (χ3v) is 6.11. The molecule has 2 aromatic carbocycles. The summed E-state index contributed by atoms with van der Waals surface area (Å²) in [6.07, 6.45) is 2.03. The van der Waals surface area contributed by atoms with E-state index in [0.29, 0.717) is 24.5 Å². The highest BCUT2D eigenvalue weighted by Gasteiger charge is 2.23. The first-order chi connectivity index (χ1) is 13.7. The standard InChI is InChI=1S/C21H22N2O4S/c24-20(22-12-14-5-7-17-18(11-14)27-13-26-17)9-10-28-19-8-6-15-3-1-2-4-16(15)23-21(19)25/h1-5,7,11,19H,6,8-10,12-13H2,(H,22,24)(H,23,25)/t19-/m0/s1. The van der Waals surface area contributed by atoms with Gasteiger partial charge in [-0.2, -0.15) is 0 Å². The maximum atomic E-state index is 12.4. The number of benzene rings is 2. The molecule has 146 valence electrons. The number of carbonyl (C=O) groups is 2. The molecule has 0 fully saturated rings. The van der Waals surface area contributed by atoms with Crippen LogP contribution in [0.2, 0.25) is 0 Å². The average molecular weight is 398 g/mol. The molecular formula is C21H22N2O4S. The normalized spacial score (nSPS) is 17.4. The zero-order valence-electron chi connectivity index (χ0n) is 15.4. The molecule has 4 rings (SSSR count). The van der Waals surface area contributed by atoms with Gasteiger partial charge < -0.3 is 20.1 Å². The molecule has 28 heavy (non-hydrogen) atoms. The Balaban J connectivity index is 1.21. The molecule has 0 bridgehead atoms. The molecule has 1 atom stereocenters. The van der Waals surface area contributed by atoms with Crippen LogP contribution in [0.3, 0.4) is 0 Å². The van der Waals surface area contributed by atoms with Crippen LogP contribution in [0.1, 0.15) is 24.0 Å². The molecule has 2 aromatic rings. The molecule has 0 saturated heterocycles. The third-order valence-electron chi connectivity index (χ3n) is 4.82. The first-order valence-corrected chi connectivity index (χ1v) is 10.4. The highest BCUT2D eigenvalue weighted by atomic mass is 32.2. The Hall–Kier alpha value is -2.67. The largest absolute Gasteiger partial charge is 0.454 e. The van der Waals surface area contributed by atoms with E-state index in [2.05, 4.69) is 10.6 Å². The van der Waals surface area contributed by atoms with Gasteiger partial charge in [0.05, 0.1) is 5.25 Å². The van der Waals surface area contributed by atoms with Crippen molar-refractivity contribution < 1.29 is 19.1 Å². The van der Waals surface area contributed by atoms with E-state index in [1.807, 2.05) is 42.5 Å². The number of rotatable bonds is 6. The van der Waals surface area contributed by atoms with Gasteiger partial charge in [0.15, 0.2) is 11.5 Å². The Morgan fingerprint density at radius 2 is 2.04 bits per heavy atom. The summed E-state index contributed by atoms with van der Waals surface area (Å²) in [5.41, 5.74) is 3.03. The van der Waals surface area contributed by atoms with E-state index < -0.39 is 0 Å². The number of amides is 2. The van der Waals surface area contributed by atoms with Crippen LogP contribution in [0, 0.1) is 0 Å².